The van der Waals surface area contributed by atoms with Crippen molar-refractivity contribution < 1.29 is 19.1 Å². The number of carbonyl (C=O) groups excluding carboxylic acids is 1. The molecule has 0 bridgehead atoms. The number of nitrogens with zero attached hydrogens (tertiary/aromatic N) is 3. The number of furan rings is 1. The number of ether oxygens (including phenoxy) is 1. The van der Waals surface area contributed by atoms with Gasteiger partial charge < -0.3 is 23.7 Å². The number of amides is 1. The van der Waals surface area contributed by atoms with Gasteiger partial charge in [0.1, 0.15) is 5.76 Å². The Labute approximate surface area is 225 Å². The number of hydrogen-bond acceptors (Lipinski definition) is 5. The van der Waals surface area contributed by atoms with Gasteiger partial charge in [-0.2, -0.15) is 0 Å². The van der Waals surface area contributed by atoms with E-state index in [9.17, 15) is 9.90 Å². The van der Waals surface area contributed by atoms with Crippen LogP contribution in [0.15, 0.2) is 34.7 Å². The summed E-state index contributed by atoms with van der Waals surface area (Å²) in [6.45, 7) is 8.84. The Kier molecular flexibility index (Phi) is 7.34. The average molecular weight is 520 g/mol. The van der Waals surface area contributed by atoms with E-state index in [1.807, 2.05) is 24.0 Å². The first kappa shape index (κ1) is 25.7. The van der Waals surface area contributed by atoms with Crippen LogP contribution in [0, 0.1) is 5.92 Å². The predicted molar refractivity (Wildman–Crippen MR) is 147 cm³/mol. The van der Waals surface area contributed by atoms with Gasteiger partial charge in [0.2, 0.25) is 6.29 Å². The molecule has 1 saturated heterocycles. The smallest absolute Gasteiger partial charge is 0.253 e. The third-order valence-electron chi connectivity index (χ3n) is 9.01. The molecule has 1 N–H and O–H groups in total. The minimum Gasteiger partial charge on any atom is -0.459 e. The van der Waals surface area contributed by atoms with Crippen molar-refractivity contribution in [3.63, 3.8) is 0 Å². The molecule has 1 aliphatic carbocycles. The van der Waals surface area contributed by atoms with E-state index in [-0.39, 0.29) is 5.91 Å². The second-order valence-corrected chi connectivity index (χ2v) is 11.5. The zero-order valence-corrected chi connectivity index (χ0v) is 22.8. The average Bonchev–Trinajstić information content (AvgIpc) is 3.69. The lowest BCUT2D eigenvalue weighted by Crippen LogP contribution is -2.38. The molecule has 1 saturated carbocycles. The monoisotopic (exact) mass is 519 g/mol. The molecule has 1 atom stereocenters. The maximum Gasteiger partial charge on any atom is 0.253 e. The lowest BCUT2D eigenvalue weighted by atomic mass is 9.98. The van der Waals surface area contributed by atoms with Crippen LogP contribution in [0.3, 0.4) is 0 Å². The number of carbonyl (C=O) groups is 1. The molecule has 204 valence electrons. The molecule has 0 spiro atoms. The normalized spacial score (nSPS) is 20.3. The van der Waals surface area contributed by atoms with Crippen molar-refractivity contribution >= 4 is 16.8 Å². The van der Waals surface area contributed by atoms with Gasteiger partial charge in [0.25, 0.3) is 5.91 Å². The van der Waals surface area contributed by atoms with Crippen molar-refractivity contribution in [3.8, 4) is 0 Å². The van der Waals surface area contributed by atoms with E-state index in [1.54, 1.807) is 6.07 Å². The number of rotatable bonds is 7. The van der Waals surface area contributed by atoms with Crippen LogP contribution < -0.4 is 0 Å². The second kappa shape index (κ2) is 10.9. The highest BCUT2D eigenvalue weighted by molar-refractivity contribution is 5.99. The van der Waals surface area contributed by atoms with Gasteiger partial charge in [-0.1, -0.05) is 19.8 Å². The first-order valence-corrected chi connectivity index (χ1v) is 14.6. The van der Waals surface area contributed by atoms with Gasteiger partial charge in [-0.15, -0.1) is 0 Å². The van der Waals surface area contributed by atoms with E-state index in [2.05, 4.69) is 28.5 Å². The predicted octanol–water partition coefficient (Wildman–Crippen LogP) is 5.48. The first-order chi connectivity index (χ1) is 18.5. The third kappa shape index (κ3) is 4.92. The van der Waals surface area contributed by atoms with Crippen LogP contribution in [0.1, 0.15) is 91.8 Å². The van der Waals surface area contributed by atoms with Crippen molar-refractivity contribution in [2.45, 2.75) is 84.2 Å². The zero-order valence-electron chi connectivity index (χ0n) is 22.8. The summed E-state index contributed by atoms with van der Waals surface area (Å²) >= 11 is 0. The molecule has 2 aliphatic heterocycles. The molecule has 2 fully saturated rings. The molecule has 4 heterocycles. The summed E-state index contributed by atoms with van der Waals surface area (Å²) in [4.78, 5) is 18.2. The van der Waals surface area contributed by atoms with E-state index >= 15 is 0 Å². The van der Waals surface area contributed by atoms with Crippen LogP contribution in [0.25, 0.3) is 10.9 Å². The second-order valence-electron chi connectivity index (χ2n) is 11.5. The molecule has 1 unspecified atom stereocenters. The Morgan fingerprint density at radius 2 is 1.89 bits per heavy atom. The number of benzene rings is 1. The minimum atomic E-state index is -1.05. The molecule has 6 rings (SSSR count). The lowest BCUT2D eigenvalue weighted by molar-refractivity contribution is -0.111. The molecule has 1 aromatic carbocycles. The van der Waals surface area contributed by atoms with Gasteiger partial charge in [-0.05, 0) is 74.4 Å². The van der Waals surface area contributed by atoms with Crippen molar-refractivity contribution in [2.75, 3.05) is 26.2 Å². The highest BCUT2D eigenvalue weighted by atomic mass is 16.6. The topological polar surface area (TPSA) is 71.1 Å². The Morgan fingerprint density at radius 1 is 1.11 bits per heavy atom. The van der Waals surface area contributed by atoms with E-state index in [4.69, 9.17) is 9.15 Å². The fraction of sp³-hybridized carbons (Fsp3) is 0.581. The Bertz CT molecular complexity index is 1280. The molecule has 3 aromatic rings. The van der Waals surface area contributed by atoms with Crippen LogP contribution >= 0.6 is 0 Å². The third-order valence-corrected chi connectivity index (χ3v) is 9.01. The molecule has 1 amide bonds. The van der Waals surface area contributed by atoms with Gasteiger partial charge >= 0.3 is 0 Å². The van der Waals surface area contributed by atoms with Crippen LogP contribution in [0.4, 0.5) is 0 Å². The molecule has 7 heteroatoms. The number of aliphatic hydroxyl groups excluding tert-OH is 1. The van der Waals surface area contributed by atoms with Crippen LogP contribution in [0.2, 0.25) is 0 Å². The fourth-order valence-corrected chi connectivity index (χ4v) is 6.77. The van der Waals surface area contributed by atoms with E-state index in [0.29, 0.717) is 30.9 Å². The summed E-state index contributed by atoms with van der Waals surface area (Å²) in [6.07, 6.45) is 7.36. The summed E-state index contributed by atoms with van der Waals surface area (Å²) in [7, 11) is 0. The Hall–Kier alpha value is -2.61. The number of likely N-dealkylation sites (tertiary alicyclic amines) is 1. The van der Waals surface area contributed by atoms with Gasteiger partial charge in [-0.25, -0.2) is 0 Å². The van der Waals surface area contributed by atoms with Crippen molar-refractivity contribution in [2.24, 2.45) is 5.92 Å². The molecule has 2 aromatic heterocycles. The minimum absolute atomic E-state index is 0.157. The number of fused-ring (bicyclic) bond motifs is 3. The highest BCUT2D eigenvalue weighted by Crippen LogP contribution is 2.36. The number of aliphatic hydroxyl groups is 1. The number of hydrogen-bond donors (Lipinski definition) is 1. The summed E-state index contributed by atoms with van der Waals surface area (Å²) in [5.74, 6) is 2.08. The largest absolute Gasteiger partial charge is 0.459 e. The highest BCUT2D eigenvalue weighted by Gasteiger charge is 2.31. The first-order valence-electron chi connectivity index (χ1n) is 14.6. The van der Waals surface area contributed by atoms with Gasteiger partial charge in [0.15, 0.2) is 5.76 Å². The maximum atomic E-state index is 13.5. The van der Waals surface area contributed by atoms with Gasteiger partial charge in [0, 0.05) is 67.4 Å². The molecule has 3 aliphatic rings. The Balaban J connectivity index is 1.35. The standard InChI is InChI=1S/C31H41N3O4/c1-3-37-31(36)29-11-9-24(38-29)19-34-27-10-8-22(30(35)32-15-12-21(2)13-16-32)18-25(27)26-20-33(17-14-28(26)34)23-6-4-5-7-23/h8-11,18,21,23,31,36H,3-7,12-17,19-20H2,1-2H3. The van der Waals surface area contributed by atoms with Crippen molar-refractivity contribution in [1.82, 2.24) is 14.4 Å². The molecule has 7 nitrogen and oxygen atoms in total. The van der Waals surface area contributed by atoms with Crippen LogP contribution in [-0.4, -0.2) is 57.7 Å². The van der Waals surface area contributed by atoms with Gasteiger partial charge in [-0.3, -0.25) is 9.69 Å². The summed E-state index contributed by atoms with van der Waals surface area (Å²) in [5.41, 5.74) is 4.65. The van der Waals surface area contributed by atoms with E-state index in [1.165, 1.54) is 42.3 Å². The molecular formula is C31H41N3O4. The van der Waals surface area contributed by atoms with Crippen LogP contribution in [0.5, 0.6) is 0 Å². The zero-order chi connectivity index (χ0) is 26.2. The SMILES string of the molecule is CCOC(O)c1ccc(Cn2c3c(c4cc(C(=O)N5CCC(C)CC5)ccc42)CN(C2CCCC2)CC3)o1. The molecule has 0 radical (unpaired) electrons. The maximum absolute atomic E-state index is 13.5. The number of aromatic nitrogens is 1. The van der Waals surface area contributed by atoms with Crippen molar-refractivity contribution in [3.05, 3.63) is 58.7 Å². The van der Waals surface area contributed by atoms with E-state index < -0.39 is 6.29 Å². The Morgan fingerprint density at radius 3 is 2.66 bits per heavy atom. The van der Waals surface area contributed by atoms with Crippen molar-refractivity contribution in [1.29, 1.82) is 0 Å². The molecule has 38 heavy (non-hydrogen) atoms. The fourth-order valence-electron chi connectivity index (χ4n) is 6.77. The quantitative estimate of drug-likeness (QED) is 0.419. The van der Waals surface area contributed by atoms with E-state index in [0.717, 1.165) is 62.3 Å². The van der Waals surface area contributed by atoms with Crippen LogP contribution in [-0.2, 0) is 24.2 Å². The lowest BCUT2D eigenvalue weighted by Gasteiger charge is -2.33. The molecular weight excluding hydrogens is 478 g/mol. The summed E-state index contributed by atoms with van der Waals surface area (Å²) in [6, 6.07) is 10.7. The number of piperidine rings is 1. The van der Waals surface area contributed by atoms with Gasteiger partial charge in [0.05, 0.1) is 6.54 Å². The summed E-state index contributed by atoms with van der Waals surface area (Å²) < 4.78 is 13.7. The summed E-state index contributed by atoms with van der Waals surface area (Å²) in [5, 5.41) is 11.4.